The normalized spacial score (nSPS) is 17.1. The summed E-state index contributed by atoms with van der Waals surface area (Å²) in [6, 6.07) is 9.25. The molecule has 30 heavy (non-hydrogen) atoms. The molecule has 2 aromatic heterocycles. The van der Waals surface area contributed by atoms with Crippen molar-refractivity contribution >= 4 is 44.1 Å². The van der Waals surface area contributed by atoms with Crippen LogP contribution in [0.4, 0.5) is 18.3 Å². The first-order chi connectivity index (χ1) is 14.3. The van der Waals surface area contributed by atoms with Gasteiger partial charge in [0.05, 0.1) is 15.8 Å². The lowest BCUT2D eigenvalue weighted by Gasteiger charge is -2.22. The summed E-state index contributed by atoms with van der Waals surface area (Å²) in [5.74, 6) is 0.0478. The second-order valence-corrected chi connectivity index (χ2v) is 8.47. The number of nitrogens with one attached hydrogen (secondary N) is 1. The lowest BCUT2D eigenvalue weighted by Crippen LogP contribution is -2.36. The van der Waals surface area contributed by atoms with Crippen molar-refractivity contribution in [3.05, 3.63) is 57.0 Å². The zero-order chi connectivity index (χ0) is 21.5. The van der Waals surface area contributed by atoms with Gasteiger partial charge < -0.3 is 9.88 Å². The van der Waals surface area contributed by atoms with E-state index in [1.807, 2.05) is 30.3 Å². The lowest BCUT2D eigenvalue weighted by molar-refractivity contribution is -0.141. The Morgan fingerprint density at radius 1 is 1.30 bits per heavy atom. The number of rotatable bonds is 5. The Morgan fingerprint density at radius 3 is 2.73 bits per heavy atom. The first-order valence-electron chi connectivity index (χ1n) is 9.38. The lowest BCUT2D eigenvalue weighted by atomic mass is 10.0. The van der Waals surface area contributed by atoms with Crippen molar-refractivity contribution in [2.75, 3.05) is 11.4 Å². The zero-order valence-corrected chi connectivity index (χ0v) is 17.2. The van der Waals surface area contributed by atoms with Crippen LogP contribution in [-0.2, 0) is 17.4 Å². The molecule has 0 spiro atoms. The highest BCUT2D eigenvalue weighted by atomic mass is 35.5. The summed E-state index contributed by atoms with van der Waals surface area (Å²) in [5.41, 5.74) is -1.31. The monoisotopic (exact) mass is 455 g/mol. The molecule has 3 aromatic rings. The van der Waals surface area contributed by atoms with Gasteiger partial charge in [0.2, 0.25) is 0 Å². The Balaban J connectivity index is 1.61. The summed E-state index contributed by atoms with van der Waals surface area (Å²) in [6.45, 7) is 0.545. The highest BCUT2D eigenvalue weighted by molar-refractivity contribution is 7.22. The van der Waals surface area contributed by atoms with Crippen LogP contribution in [0.5, 0.6) is 0 Å². The summed E-state index contributed by atoms with van der Waals surface area (Å²) >= 11 is 6.84. The molecule has 1 N–H and O–H groups in total. The van der Waals surface area contributed by atoms with Gasteiger partial charge >= 0.3 is 6.18 Å². The molecule has 0 amide bonds. The second kappa shape index (κ2) is 8.03. The fraction of sp³-hybridized carbons (Fsp3) is 0.350. The predicted octanol–water partition coefficient (Wildman–Crippen LogP) is 4.83. The van der Waals surface area contributed by atoms with E-state index in [2.05, 4.69) is 4.98 Å². The van der Waals surface area contributed by atoms with E-state index >= 15 is 0 Å². The molecular formula is C20H17ClF3N3O2S. The van der Waals surface area contributed by atoms with E-state index < -0.39 is 28.5 Å². The van der Waals surface area contributed by atoms with Gasteiger partial charge in [0.25, 0.3) is 5.56 Å². The molecule has 4 rings (SSSR count). The third kappa shape index (κ3) is 3.96. The number of benzene rings is 1. The minimum atomic E-state index is -4.78. The molecule has 5 nitrogen and oxygen atoms in total. The van der Waals surface area contributed by atoms with Gasteiger partial charge in [-0.25, -0.2) is 4.98 Å². The van der Waals surface area contributed by atoms with Crippen molar-refractivity contribution in [1.82, 2.24) is 9.97 Å². The number of Topliss-reactive ketones (excluding diaryl/α,β-unsaturated/α-hetero) is 1. The Bertz CT molecular complexity index is 1140. The number of aryl methyl sites for hydroxylation is 1. The maximum atomic E-state index is 13.1. The molecule has 0 aliphatic carbocycles. The van der Waals surface area contributed by atoms with Crippen LogP contribution in [0.1, 0.15) is 30.5 Å². The third-order valence-corrected chi connectivity index (χ3v) is 6.74. The number of anilines is 1. The van der Waals surface area contributed by atoms with Crippen molar-refractivity contribution in [3.8, 4) is 0 Å². The number of aromatic amines is 1. The van der Waals surface area contributed by atoms with Crippen LogP contribution in [-0.4, -0.2) is 28.3 Å². The van der Waals surface area contributed by atoms with E-state index in [0.29, 0.717) is 30.9 Å². The minimum absolute atomic E-state index is 0.0230. The van der Waals surface area contributed by atoms with Gasteiger partial charge in [-0.15, -0.1) is 0 Å². The number of H-pyrrole nitrogens is 1. The number of carbonyl (C=O) groups is 1. The standard InChI is InChI=1S/C20H17ClF3N3O2S/c21-14-16-15(18(29)26-17(14)20(22,23)24)25-19(30-16)27-10-4-7-12(27)13(28)9-8-11-5-2-1-3-6-11/h1-3,5-6,12H,4,7-10H2,(H,26,29)/t12-/m1/s1. The summed E-state index contributed by atoms with van der Waals surface area (Å²) < 4.78 is 39.4. The van der Waals surface area contributed by atoms with Crippen molar-refractivity contribution < 1.29 is 18.0 Å². The maximum absolute atomic E-state index is 13.1. The smallest absolute Gasteiger partial charge is 0.338 e. The third-order valence-electron chi connectivity index (χ3n) is 5.14. The van der Waals surface area contributed by atoms with Crippen LogP contribution in [0.2, 0.25) is 5.02 Å². The van der Waals surface area contributed by atoms with E-state index in [4.69, 9.17) is 11.6 Å². The number of ketones is 1. The Labute approximate surface area is 178 Å². The van der Waals surface area contributed by atoms with E-state index in [-0.39, 0.29) is 16.0 Å². The fourth-order valence-electron chi connectivity index (χ4n) is 3.68. The topological polar surface area (TPSA) is 66.1 Å². The van der Waals surface area contributed by atoms with Gasteiger partial charge in [0.1, 0.15) is 5.69 Å². The van der Waals surface area contributed by atoms with Gasteiger partial charge in [0.15, 0.2) is 16.4 Å². The number of thiazole rings is 1. The number of hydrogen-bond acceptors (Lipinski definition) is 5. The van der Waals surface area contributed by atoms with Crippen molar-refractivity contribution in [2.24, 2.45) is 0 Å². The molecule has 0 bridgehead atoms. The van der Waals surface area contributed by atoms with Crippen molar-refractivity contribution in [1.29, 1.82) is 0 Å². The number of halogens is 4. The van der Waals surface area contributed by atoms with E-state index in [9.17, 15) is 22.8 Å². The zero-order valence-electron chi connectivity index (χ0n) is 15.6. The van der Waals surface area contributed by atoms with E-state index in [1.165, 1.54) is 0 Å². The molecule has 1 atom stereocenters. The Morgan fingerprint density at radius 2 is 2.03 bits per heavy atom. The average molecular weight is 456 g/mol. The van der Waals surface area contributed by atoms with Crippen LogP contribution < -0.4 is 10.5 Å². The summed E-state index contributed by atoms with van der Waals surface area (Å²) in [6.07, 6.45) is -2.41. The van der Waals surface area contributed by atoms with Crippen LogP contribution in [0.3, 0.4) is 0 Å². The molecular weight excluding hydrogens is 439 g/mol. The van der Waals surface area contributed by atoms with Crippen molar-refractivity contribution in [3.63, 3.8) is 0 Å². The quantitative estimate of drug-likeness (QED) is 0.598. The van der Waals surface area contributed by atoms with Crippen molar-refractivity contribution in [2.45, 2.75) is 37.9 Å². The number of pyridine rings is 1. The van der Waals surface area contributed by atoms with Crippen LogP contribution in [0.15, 0.2) is 35.1 Å². The molecule has 0 saturated carbocycles. The molecule has 10 heteroatoms. The van der Waals surface area contributed by atoms with Gasteiger partial charge in [-0.3, -0.25) is 9.59 Å². The molecule has 1 aromatic carbocycles. The summed E-state index contributed by atoms with van der Waals surface area (Å²) in [4.78, 5) is 32.8. The number of hydrogen-bond donors (Lipinski definition) is 1. The van der Waals surface area contributed by atoms with E-state index in [1.54, 1.807) is 9.88 Å². The maximum Gasteiger partial charge on any atom is 0.432 e. The molecule has 158 valence electrons. The second-order valence-electron chi connectivity index (χ2n) is 7.12. The molecule has 1 aliphatic rings. The Kier molecular flexibility index (Phi) is 5.59. The highest BCUT2D eigenvalue weighted by Crippen LogP contribution is 2.40. The number of fused-ring (bicyclic) bond motifs is 1. The molecule has 1 saturated heterocycles. The molecule has 1 fully saturated rings. The van der Waals surface area contributed by atoms with Crippen LogP contribution in [0, 0.1) is 0 Å². The summed E-state index contributed by atoms with van der Waals surface area (Å²) in [5, 5.41) is -0.237. The Hall–Kier alpha value is -2.39. The first-order valence-corrected chi connectivity index (χ1v) is 10.6. The van der Waals surface area contributed by atoms with Gasteiger partial charge in [-0.1, -0.05) is 53.3 Å². The molecule has 0 radical (unpaired) electrons. The number of aromatic nitrogens is 2. The largest absolute Gasteiger partial charge is 0.432 e. The van der Waals surface area contributed by atoms with Crippen LogP contribution >= 0.6 is 22.9 Å². The molecule has 1 aliphatic heterocycles. The fourth-order valence-corrected chi connectivity index (χ4v) is 5.12. The summed E-state index contributed by atoms with van der Waals surface area (Å²) in [7, 11) is 0. The average Bonchev–Trinajstić information content (AvgIpc) is 3.36. The molecule has 0 unspecified atom stereocenters. The predicted molar refractivity (Wildman–Crippen MR) is 110 cm³/mol. The minimum Gasteiger partial charge on any atom is -0.338 e. The van der Waals surface area contributed by atoms with Gasteiger partial charge in [-0.2, -0.15) is 13.2 Å². The first kappa shape index (κ1) is 20.9. The number of alkyl halides is 3. The number of nitrogens with zero attached hydrogens (tertiary/aromatic N) is 2. The van der Waals surface area contributed by atoms with Gasteiger partial charge in [-0.05, 0) is 24.8 Å². The molecule has 3 heterocycles. The van der Waals surface area contributed by atoms with Gasteiger partial charge in [0, 0.05) is 13.0 Å². The number of carbonyl (C=O) groups excluding carboxylic acids is 1. The van der Waals surface area contributed by atoms with Crippen LogP contribution in [0.25, 0.3) is 10.2 Å². The van der Waals surface area contributed by atoms with E-state index in [0.717, 1.165) is 23.3 Å². The highest BCUT2D eigenvalue weighted by Gasteiger charge is 2.37. The SMILES string of the molecule is O=C(CCc1ccccc1)[C@H]1CCCN1c1nc2c(=O)[nH]c(C(F)(F)F)c(Cl)c2s1.